The van der Waals surface area contributed by atoms with Crippen LogP contribution in [0.25, 0.3) is 11.3 Å². The molecule has 0 bridgehead atoms. The van der Waals surface area contributed by atoms with Crippen molar-refractivity contribution in [3.05, 3.63) is 34.1 Å². The fraction of sp³-hybridized carbons (Fsp3) is 0.375. The monoisotopic (exact) mass is 398 g/mol. The van der Waals surface area contributed by atoms with Gasteiger partial charge in [-0.15, -0.1) is 11.3 Å². The number of amides is 1. The van der Waals surface area contributed by atoms with Crippen LogP contribution in [0, 0.1) is 0 Å². The third-order valence-electron chi connectivity index (χ3n) is 3.02. The lowest BCUT2D eigenvalue weighted by Crippen LogP contribution is -2.28. The summed E-state index contributed by atoms with van der Waals surface area (Å²) in [6, 6.07) is 7.87. The Morgan fingerprint density at radius 2 is 2.26 bits per heavy atom. The summed E-state index contributed by atoms with van der Waals surface area (Å²) >= 11 is 4.83. The molecule has 0 aliphatic heterocycles. The summed E-state index contributed by atoms with van der Waals surface area (Å²) in [5.74, 6) is -0.211. The maximum atomic E-state index is 12.1. The van der Waals surface area contributed by atoms with E-state index in [0.29, 0.717) is 25.0 Å². The molecule has 0 saturated carbocycles. The molecular weight excluding hydrogens is 380 g/mol. The van der Waals surface area contributed by atoms with Crippen molar-refractivity contribution >= 4 is 38.3 Å². The molecule has 1 amide bonds. The van der Waals surface area contributed by atoms with Crippen LogP contribution in [-0.2, 0) is 14.3 Å². The zero-order valence-electron chi connectivity index (χ0n) is 13.0. The molecule has 1 N–H and O–H groups in total. The molecule has 7 heteroatoms. The number of anilines is 1. The van der Waals surface area contributed by atoms with Crippen molar-refractivity contribution in [2.24, 2.45) is 0 Å². The number of thiazole rings is 1. The van der Waals surface area contributed by atoms with Crippen molar-refractivity contribution in [2.75, 3.05) is 25.1 Å². The zero-order valence-corrected chi connectivity index (χ0v) is 15.4. The van der Waals surface area contributed by atoms with E-state index in [4.69, 9.17) is 9.47 Å². The van der Waals surface area contributed by atoms with E-state index >= 15 is 0 Å². The van der Waals surface area contributed by atoms with Gasteiger partial charge in [-0.05, 0) is 26.0 Å². The molecule has 0 spiro atoms. The number of hydrogen-bond acceptors (Lipinski definition) is 5. The predicted molar refractivity (Wildman–Crippen MR) is 95.8 cm³/mol. The molecule has 1 unspecified atom stereocenters. The molecule has 1 aromatic carbocycles. The largest absolute Gasteiger partial charge is 0.379 e. The summed E-state index contributed by atoms with van der Waals surface area (Å²) < 4.78 is 11.6. The van der Waals surface area contributed by atoms with Gasteiger partial charge in [0.15, 0.2) is 5.13 Å². The number of nitrogens with one attached hydrogen (secondary N) is 1. The van der Waals surface area contributed by atoms with Gasteiger partial charge < -0.3 is 9.47 Å². The summed E-state index contributed by atoms with van der Waals surface area (Å²) in [7, 11) is 0. The zero-order chi connectivity index (χ0) is 16.7. The number of hydrogen-bond donors (Lipinski definition) is 1. The Labute approximate surface area is 148 Å². The smallest absolute Gasteiger partial charge is 0.254 e. The number of halogens is 1. The lowest BCUT2D eigenvalue weighted by atomic mass is 10.2. The van der Waals surface area contributed by atoms with Crippen LogP contribution in [0.2, 0.25) is 0 Å². The Hall–Kier alpha value is -1.28. The molecule has 1 aromatic heterocycles. The first kappa shape index (κ1) is 18.1. The first-order chi connectivity index (χ1) is 11.1. The maximum absolute atomic E-state index is 12.1. The van der Waals surface area contributed by atoms with Crippen LogP contribution < -0.4 is 5.32 Å². The third-order valence-corrected chi connectivity index (χ3v) is 4.27. The average Bonchev–Trinajstić information content (AvgIpc) is 3.00. The predicted octanol–water partition coefficient (Wildman–Crippen LogP) is 3.95. The number of nitrogens with zero attached hydrogens (tertiary/aromatic N) is 1. The highest BCUT2D eigenvalue weighted by Gasteiger charge is 2.15. The molecule has 1 atom stereocenters. The Balaban J connectivity index is 1.89. The van der Waals surface area contributed by atoms with E-state index in [0.717, 1.165) is 15.7 Å². The van der Waals surface area contributed by atoms with Gasteiger partial charge >= 0.3 is 0 Å². The first-order valence-corrected chi connectivity index (χ1v) is 8.99. The normalized spacial score (nSPS) is 12.1. The molecule has 23 heavy (non-hydrogen) atoms. The van der Waals surface area contributed by atoms with Crippen molar-refractivity contribution in [2.45, 2.75) is 20.0 Å². The van der Waals surface area contributed by atoms with E-state index in [9.17, 15) is 4.79 Å². The van der Waals surface area contributed by atoms with Gasteiger partial charge in [0, 0.05) is 22.0 Å². The third kappa shape index (κ3) is 5.69. The van der Waals surface area contributed by atoms with Crippen molar-refractivity contribution in [1.29, 1.82) is 0 Å². The van der Waals surface area contributed by atoms with Crippen LogP contribution in [-0.4, -0.2) is 36.8 Å². The summed E-state index contributed by atoms with van der Waals surface area (Å²) in [4.78, 5) is 16.5. The number of benzene rings is 1. The molecule has 124 valence electrons. The standard InChI is InChI=1S/C16H19BrN2O3S/c1-3-21-7-8-22-11(2)15(20)19-16-18-14(10-23-16)12-5-4-6-13(17)9-12/h4-6,9-11H,3,7-8H2,1-2H3,(H,18,19,20). The van der Waals surface area contributed by atoms with Crippen LogP contribution >= 0.6 is 27.3 Å². The van der Waals surface area contributed by atoms with E-state index in [1.807, 2.05) is 36.6 Å². The fourth-order valence-electron chi connectivity index (χ4n) is 1.82. The van der Waals surface area contributed by atoms with E-state index in [1.54, 1.807) is 6.92 Å². The van der Waals surface area contributed by atoms with Gasteiger partial charge in [0.25, 0.3) is 5.91 Å². The summed E-state index contributed by atoms with van der Waals surface area (Å²) in [6.45, 7) is 5.15. The van der Waals surface area contributed by atoms with Gasteiger partial charge in [0.05, 0.1) is 18.9 Å². The van der Waals surface area contributed by atoms with Gasteiger partial charge in [-0.2, -0.15) is 0 Å². The highest BCUT2D eigenvalue weighted by atomic mass is 79.9. The minimum absolute atomic E-state index is 0.211. The van der Waals surface area contributed by atoms with Crippen LogP contribution in [0.4, 0.5) is 5.13 Å². The van der Waals surface area contributed by atoms with Crippen molar-refractivity contribution in [3.8, 4) is 11.3 Å². The van der Waals surface area contributed by atoms with Gasteiger partial charge in [0.1, 0.15) is 6.10 Å². The van der Waals surface area contributed by atoms with Gasteiger partial charge in [-0.3, -0.25) is 10.1 Å². The van der Waals surface area contributed by atoms with Crippen molar-refractivity contribution < 1.29 is 14.3 Å². The summed E-state index contributed by atoms with van der Waals surface area (Å²) in [5.41, 5.74) is 1.83. The number of ether oxygens (including phenoxy) is 2. The van der Waals surface area contributed by atoms with Gasteiger partial charge in [0.2, 0.25) is 0 Å². The van der Waals surface area contributed by atoms with Gasteiger partial charge in [-0.25, -0.2) is 4.98 Å². The molecule has 1 heterocycles. The fourth-order valence-corrected chi connectivity index (χ4v) is 2.94. The molecule has 0 fully saturated rings. The summed E-state index contributed by atoms with van der Waals surface area (Å²) in [5, 5.41) is 5.25. The van der Waals surface area contributed by atoms with E-state index in [2.05, 4.69) is 26.2 Å². The van der Waals surface area contributed by atoms with E-state index in [1.165, 1.54) is 11.3 Å². The molecule has 2 rings (SSSR count). The van der Waals surface area contributed by atoms with Gasteiger partial charge in [-0.1, -0.05) is 28.1 Å². The SMILES string of the molecule is CCOCCOC(C)C(=O)Nc1nc(-c2cccc(Br)c2)cs1. The minimum atomic E-state index is -0.548. The van der Waals surface area contributed by atoms with E-state index < -0.39 is 6.10 Å². The van der Waals surface area contributed by atoms with Crippen LogP contribution in [0.1, 0.15) is 13.8 Å². The lowest BCUT2D eigenvalue weighted by molar-refractivity contribution is -0.127. The van der Waals surface area contributed by atoms with Crippen LogP contribution in [0.3, 0.4) is 0 Å². The first-order valence-electron chi connectivity index (χ1n) is 7.32. The number of carbonyl (C=O) groups excluding carboxylic acids is 1. The Kier molecular flexibility index (Phi) is 7.16. The minimum Gasteiger partial charge on any atom is -0.379 e. The quantitative estimate of drug-likeness (QED) is 0.683. The molecule has 0 saturated heterocycles. The second-order valence-corrected chi connectivity index (χ2v) is 6.52. The Morgan fingerprint density at radius 3 is 3.00 bits per heavy atom. The molecule has 5 nitrogen and oxygen atoms in total. The second kappa shape index (κ2) is 9.12. The van der Waals surface area contributed by atoms with Crippen LogP contribution in [0.5, 0.6) is 0 Å². The highest BCUT2D eigenvalue weighted by molar-refractivity contribution is 9.10. The van der Waals surface area contributed by atoms with Crippen molar-refractivity contribution in [3.63, 3.8) is 0 Å². The van der Waals surface area contributed by atoms with E-state index in [-0.39, 0.29) is 5.91 Å². The second-order valence-electron chi connectivity index (χ2n) is 4.75. The molecule has 2 aromatic rings. The number of carbonyl (C=O) groups is 1. The van der Waals surface area contributed by atoms with Crippen molar-refractivity contribution in [1.82, 2.24) is 4.98 Å². The molecule has 0 aliphatic rings. The summed E-state index contributed by atoms with van der Waals surface area (Å²) in [6.07, 6.45) is -0.548. The molecule has 0 radical (unpaired) electrons. The highest BCUT2D eigenvalue weighted by Crippen LogP contribution is 2.26. The maximum Gasteiger partial charge on any atom is 0.254 e. The Bertz CT molecular complexity index is 648. The average molecular weight is 399 g/mol. The van der Waals surface area contributed by atoms with Crippen LogP contribution in [0.15, 0.2) is 34.1 Å². The lowest BCUT2D eigenvalue weighted by Gasteiger charge is -2.11. The number of aromatic nitrogens is 1. The topological polar surface area (TPSA) is 60.5 Å². The number of rotatable bonds is 8. The molecule has 0 aliphatic carbocycles. The molecular formula is C16H19BrN2O3S. The Morgan fingerprint density at radius 1 is 1.43 bits per heavy atom.